The lowest BCUT2D eigenvalue weighted by molar-refractivity contribution is -0.132. The van der Waals surface area contributed by atoms with Gasteiger partial charge >= 0.3 is 0 Å². The molecule has 2 rings (SSSR count). The molecule has 1 heterocycles. The number of hydrogen-bond donors (Lipinski definition) is 2. The number of carbonyl (C=O) groups excluding carboxylic acids is 1. The van der Waals surface area contributed by atoms with Crippen LogP contribution in [0.1, 0.15) is 12.0 Å². The van der Waals surface area contributed by atoms with E-state index in [0.717, 1.165) is 5.56 Å². The molecule has 1 aliphatic rings. The molecule has 0 spiro atoms. The standard InChI is InChI=1S/C14H16FNO3/c15-11-4-1-10(2-5-11)3-6-14(19)16-8-7-12(17)13(18)9-16/h1-6,12-13,17-18H,7-9H2/b6-3+/t12-,13-/m0/s1. The summed E-state index contributed by atoms with van der Waals surface area (Å²) in [6.45, 7) is 0.554. The highest BCUT2D eigenvalue weighted by molar-refractivity contribution is 5.91. The third-order valence-corrected chi connectivity index (χ3v) is 3.15. The Balaban J connectivity index is 1.95. The molecule has 1 aromatic rings. The van der Waals surface area contributed by atoms with Crippen molar-refractivity contribution < 1.29 is 19.4 Å². The third-order valence-electron chi connectivity index (χ3n) is 3.15. The normalized spacial score (nSPS) is 23.8. The molecule has 1 amide bonds. The van der Waals surface area contributed by atoms with Gasteiger partial charge in [0.25, 0.3) is 0 Å². The zero-order valence-corrected chi connectivity index (χ0v) is 10.4. The van der Waals surface area contributed by atoms with Crippen molar-refractivity contribution in [3.05, 3.63) is 41.7 Å². The summed E-state index contributed by atoms with van der Waals surface area (Å²) in [5, 5.41) is 18.9. The molecule has 2 N–H and O–H groups in total. The fourth-order valence-electron chi connectivity index (χ4n) is 1.97. The van der Waals surface area contributed by atoms with Gasteiger partial charge in [0.2, 0.25) is 5.91 Å². The Bertz CT molecular complexity index is 472. The predicted molar refractivity (Wildman–Crippen MR) is 68.6 cm³/mol. The van der Waals surface area contributed by atoms with Crippen LogP contribution in [0.25, 0.3) is 6.08 Å². The smallest absolute Gasteiger partial charge is 0.246 e. The lowest BCUT2D eigenvalue weighted by atomic mass is 10.1. The first kappa shape index (κ1) is 13.7. The van der Waals surface area contributed by atoms with E-state index >= 15 is 0 Å². The molecule has 1 saturated heterocycles. The van der Waals surface area contributed by atoms with Crippen molar-refractivity contribution in [1.82, 2.24) is 4.90 Å². The molecule has 1 aliphatic heterocycles. The van der Waals surface area contributed by atoms with Gasteiger partial charge in [-0.25, -0.2) is 4.39 Å². The summed E-state index contributed by atoms with van der Waals surface area (Å²) < 4.78 is 12.7. The summed E-state index contributed by atoms with van der Waals surface area (Å²) in [6.07, 6.45) is 1.70. The van der Waals surface area contributed by atoms with Crippen LogP contribution in [-0.4, -0.2) is 46.3 Å². The number of rotatable bonds is 2. The van der Waals surface area contributed by atoms with Crippen molar-refractivity contribution in [2.75, 3.05) is 13.1 Å². The molecular formula is C14H16FNO3. The SMILES string of the molecule is O=C(/C=C/c1ccc(F)cc1)N1CC[C@H](O)[C@@H](O)C1. The van der Waals surface area contributed by atoms with E-state index < -0.39 is 12.2 Å². The van der Waals surface area contributed by atoms with Gasteiger partial charge in [0, 0.05) is 19.2 Å². The van der Waals surface area contributed by atoms with E-state index in [1.807, 2.05) is 0 Å². The van der Waals surface area contributed by atoms with Crippen molar-refractivity contribution in [3.8, 4) is 0 Å². The second kappa shape index (κ2) is 5.95. The summed E-state index contributed by atoms with van der Waals surface area (Å²) in [7, 11) is 0. The maximum absolute atomic E-state index is 12.7. The first-order valence-corrected chi connectivity index (χ1v) is 6.15. The first-order valence-electron chi connectivity index (χ1n) is 6.15. The lowest BCUT2D eigenvalue weighted by Crippen LogP contribution is -2.48. The summed E-state index contributed by atoms with van der Waals surface area (Å²) in [6, 6.07) is 5.80. The number of nitrogens with zero attached hydrogens (tertiary/aromatic N) is 1. The van der Waals surface area contributed by atoms with Gasteiger partial charge in [-0.05, 0) is 30.2 Å². The summed E-state index contributed by atoms with van der Waals surface area (Å²) in [5.74, 6) is -0.549. The molecular weight excluding hydrogens is 249 g/mol. The quantitative estimate of drug-likeness (QED) is 0.777. The fraction of sp³-hybridized carbons (Fsp3) is 0.357. The Labute approximate surface area is 110 Å². The summed E-state index contributed by atoms with van der Waals surface area (Å²) in [4.78, 5) is 13.3. The highest BCUT2D eigenvalue weighted by atomic mass is 19.1. The lowest BCUT2D eigenvalue weighted by Gasteiger charge is -2.32. The largest absolute Gasteiger partial charge is 0.390 e. The molecule has 0 aromatic heterocycles. The molecule has 19 heavy (non-hydrogen) atoms. The van der Waals surface area contributed by atoms with Gasteiger partial charge in [-0.3, -0.25) is 4.79 Å². The summed E-state index contributed by atoms with van der Waals surface area (Å²) >= 11 is 0. The minimum absolute atomic E-state index is 0.133. The number of amides is 1. The number of benzene rings is 1. The predicted octanol–water partition coefficient (Wildman–Crippen LogP) is 0.793. The Morgan fingerprint density at radius 3 is 2.58 bits per heavy atom. The van der Waals surface area contributed by atoms with E-state index in [2.05, 4.69) is 0 Å². The second-order valence-electron chi connectivity index (χ2n) is 4.59. The van der Waals surface area contributed by atoms with Gasteiger partial charge in [-0.1, -0.05) is 12.1 Å². The maximum Gasteiger partial charge on any atom is 0.246 e. The zero-order valence-electron chi connectivity index (χ0n) is 10.4. The van der Waals surface area contributed by atoms with E-state index in [1.54, 1.807) is 18.2 Å². The maximum atomic E-state index is 12.7. The van der Waals surface area contributed by atoms with Crippen molar-refractivity contribution in [3.63, 3.8) is 0 Å². The van der Waals surface area contributed by atoms with Gasteiger partial charge < -0.3 is 15.1 Å². The van der Waals surface area contributed by atoms with Gasteiger partial charge in [0.15, 0.2) is 0 Å². The van der Waals surface area contributed by atoms with Crippen molar-refractivity contribution in [2.45, 2.75) is 18.6 Å². The van der Waals surface area contributed by atoms with Crippen molar-refractivity contribution in [1.29, 1.82) is 0 Å². The molecule has 5 heteroatoms. The Hall–Kier alpha value is -1.72. The summed E-state index contributed by atoms with van der Waals surface area (Å²) in [5.41, 5.74) is 0.729. The highest BCUT2D eigenvalue weighted by Gasteiger charge is 2.27. The number of halogens is 1. The number of carbonyl (C=O) groups is 1. The molecule has 4 nitrogen and oxygen atoms in total. The molecule has 1 fully saturated rings. The Morgan fingerprint density at radius 1 is 1.26 bits per heavy atom. The highest BCUT2D eigenvalue weighted by Crippen LogP contribution is 2.12. The molecule has 0 radical (unpaired) electrons. The topological polar surface area (TPSA) is 60.8 Å². The van der Waals surface area contributed by atoms with E-state index in [1.165, 1.54) is 23.1 Å². The molecule has 102 valence electrons. The van der Waals surface area contributed by atoms with Crippen LogP contribution in [0.15, 0.2) is 30.3 Å². The molecule has 0 unspecified atom stereocenters. The average Bonchev–Trinajstić information content (AvgIpc) is 2.41. The van der Waals surface area contributed by atoms with Crippen LogP contribution in [0, 0.1) is 5.82 Å². The minimum atomic E-state index is -0.892. The van der Waals surface area contributed by atoms with Gasteiger partial charge in [-0.15, -0.1) is 0 Å². The van der Waals surface area contributed by atoms with Gasteiger partial charge in [-0.2, -0.15) is 0 Å². The van der Waals surface area contributed by atoms with Crippen LogP contribution in [0.5, 0.6) is 0 Å². The first-order chi connectivity index (χ1) is 9.06. The zero-order chi connectivity index (χ0) is 13.8. The second-order valence-corrected chi connectivity index (χ2v) is 4.59. The Kier molecular flexibility index (Phi) is 4.29. The number of aliphatic hydroxyl groups excluding tert-OH is 2. The number of piperidine rings is 1. The van der Waals surface area contributed by atoms with Crippen LogP contribution in [-0.2, 0) is 4.79 Å². The fourth-order valence-corrected chi connectivity index (χ4v) is 1.97. The number of hydrogen-bond acceptors (Lipinski definition) is 3. The molecule has 1 aromatic carbocycles. The van der Waals surface area contributed by atoms with Crippen molar-refractivity contribution >= 4 is 12.0 Å². The van der Waals surface area contributed by atoms with Crippen LogP contribution in [0.4, 0.5) is 4.39 Å². The minimum Gasteiger partial charge on any atom is -0.390 e. The van der Waals surface area contributed by atoms with Crippen LogP contribution < -0.4 is 0 Å². The van der Waals surface area contributed by atoms with E-state index in [-0.39, 0.29) is 18.3 Å². The van der Waals surface area contributed by atoms with Crippen LogP contribution in [0.3, 0.4) is 0 Å². The van der Waals surface area contributed by atoms with E-state index in [0.29, 0.717) is 13.0 Å². The molecule has 0 bridgehead atoms. The van der Waals surface area contributed by atoms with Crippen LogP contribution in [0.2, 0.25) is 0 Å². The van der Waals surface area contributed by atoms with E-state index in [9.17, 15) is 19.4 Å². The molecule has 0 saturated carbocycles. The monoisotopic (exact) mass is 265 g/mol. The number of aliphatic hydroxyl groups is 2. The third kappa shape index (κ3) is 3.62. The number of β-amino-alcohol motifs (C(OH)–C–C–N with tert-alkyl or cyclic N) is 1. The Morgan fingerprint density at radius 2 is 1.95 bits per heavy atom. The van der Waals surface area contributed by atoms with Gasteiger partial charge in [0.05, 0.1) is 12.2 Å². The molecule has 0 aliphatic carbocycles. The molecule has 2 atom stereocenters. The van der Waals surface area contributed by atoms with Crippen LogP contribution >= 0.6 is 0 Å². The average molecular weight is 265 g/mol. The van der Waals surface area contributed by atoms with Gasteiger partial charge in [0.1, 0.15) is 5.82 Å². The van der Waals surface area contributed by atoms with E-state index in [4.69, 9.17) is 0 Å². The van der Waals surface area contributed by atoms with Crippen molar-refractivity contribution in [2.24, 2.45) is 0 Å². The number of likely N-dealkylation sites (tertiary alicyclic amines) is 1.